The Bertz CT molecular complexity index is 3920. The molecule has 6 aromatic carbocycles. The molecule has 4 aliphatic rings. The van der Waals surface area contributed by atoms with Gasteiger partial charge in [0.1, 0.15) is 0 Å². The van der Waals surface area contributed by atoms with Crippen LogP contribution in [0.25, 0.3) is 77.7 Å². The molecule has 0 bridgehead atoms. The van der Waals surface area contributed by atoms with Crippen molar-refractivity contribution in [2.24, 2.45) is 5.41 Å². The van der Waals surface area contributed by atoms with E-state index in [2.05, 4.69) is 216 Å². The predicted molar refractivity (Wildman–Crippen MR) is 303 cm³/mol. The van der Waals surface area contributed by atoms with Crippen LogP contribution in [0.3, 0.4) is 0 Å². The summed E-state index contributed by atoms with van der Waals surface area (Å²) >= 11 is 0. The second-order valence-electron chi connectivity index (χ2n) is 27.0. The van der Waals surface area contributed by atoms with Crippen LogP contribution in [0.4, 0.5) is 4.39 Å². The topological polar surface area (TPSA) is 14.8 Å². The highest BCUT2D eigenvalue weighted by Crippen LogP contribution is 2.53. The Labute approximate surface area is 415 Å². The molecule has 0 N–H and O–H groups in total. The fraction of sp³-hybridized carbons (Fsp3) is 0.375. The molecule has 3 nitrogen and oxygen atoms in total. The van der Waals surface area contributed by atoms with Crippen molar-refractivity contribution >= 4 is 101 Å². The number of nitrogens with zero attached hydrogens (tertiary/aromatic N) is 3. The fourth-order valence-corrected chi connectivity index (χ4v) is 14.6. The number of hydrogen-bond donors (Lipinski definition) is 0. The molecular formula is C64H68B2FN3. The minimum absolute atomic E-state index is 0.00953. The van der Waals surface area contributed by atoms with E-state index in [9.17, 15) is 0 Å². The first-order valence-corrected chi connectivity index (χ1v) is 26.3. The van der Waals surface area contributed by atoms with Gasteiger partial charge in [-0.1, -0.05) is 184 Å². The van der Waals surface area contributed by atoms with Crippen LogP contribution >= 0.6 is 0 Å². The van der Waals surface area contributed by atoms with Crippen LogP contribution in [0.5, 0.6) is 0 Å². The van der Waals surface area contributed by atoms with Crippen LogP contribution in [-0.2, 0) is 28.1 Å². The Morgan fingerprint density at radius 2 is 1.01 bits per heavy atom. The summed E-state index contributed by atoms with van der Waals surface area (Å²) in [6.45, 7) is 39.7. The first kappa shape index (κ1) is 44.2. The van der Waals surface area contributed by atoms with Crippen molar-refractivity contribution in [3.63, 3.8) is 0 Å². The molecule has 7 heterocycles. The van der Waals surface area contributed by atoms with Crippen LogP contribution in [0.1, 0.15) is 163 Å². The molecule has 4 aliphatic heterocycles. The molecular weight excluding hydrogens is 851 g/mol. The van der Waals surface area contributed by atoms with Crippen molar-refractivity contribution in [2.45, 2.75) is 152 Å². The van der Waals surface area contributed by atoms with Gasteiger partial charge in [-0.15, -0.1) is 0 Å². The molecule has 0 fully saturated rings. The summed E-state index contributed by atoms with van der Waals surface area (Å²) in [6.07, 6.45) is 5.43. The van der Waals surface area contributed by atoms with Gasteiger partial charge in [0.05, 0.1) is 22.4 Å². The quantitative estimate of drug-likeness (QED) is 0.154. The summed E-state index contributed by atoms with van der Waals surface area (Å²) < 4.78 is 28.1. The van der Waals surface area contributed by atoms with Crippen LogP contribution in [0, 0.1) is 11.2 Å². The molecule has 3 aromatic heterocycles. The third kappa shape index (κ3) is 5.29. The minimum atomic E-state index is -0.222. The summed E-state index contributed by atoms with van der Waals surface area (Å²) in [7, 11) is 0. The summed E-state index contributed by atoms with van der Waals surface area (Å²) in [5.74, 6) is -0.0988. The van der Waals surface area contributed by atoms with Gasteiger partial charge in [-0.3, -0.25) is 0 Å². The number of fused-ring (bicyclic) bond motifs is 12. The van der Waals surface area contributed by atoms with Crippen LogP contribution in [-0.4, -0.2) is 27.1 Å². The van der Waals surface area contributed by atoms with Crippen LogP contribution in [0.15, 0.2) is 78.9 Å². The third-order valence-electron chi connectivity index (χ3n) is 17.4. The number of aryl methyl sites for hydroxylation is 1. The predicted octanol–water partition coefficient (Wildman–Crippen LogP) is 13.5. The minimum Gasteiger partial charge on any atom is -0.311 e. The van der Waals surface area contributed by atoms with E-state index in [-0.39, 0.29) is 52.1 Å². The molecule has 9 aromatic rings. The standard InChI is InChI=1S/C64H68B2FN3/c1-18-20-37-35-23-21-33(19-2)31-44(35)69-55(37)59(64(15,16)17)66-48-43(63(12,13)14)30-27-40-39-26-29-42(62(9,10)11)47-53(39)70(54(40)48)56-49-57(51(67)58(69)50(56)66)68-45-32-34(60(3,4)5)22-24-36(45)38-25-28-41(61(6,7)8)46(52(38)68)65(47)49/h18,20-32,59H,19H2,1-17H3/b20-18-. The van der Waals surface area contributed by atoms with Gasteiger partial charge in [0.25, 0.3) is 6.71 Å². The summed E-state index contributed by atoms with van der Waals surface area (Å²) in [5, 5.41) is 6.17. The lowest BCUT2D eigenvalue weighted by Gasteiger charge is -2.48. The first-order chi connectivity index (χ1) is 32.8. The van der Waals surface area contributed by atoms with Gasteiger partial charge >= 0.3 is 0 Å². The van der Waals surface area contributed by atoms with Crippen LogP contribution < -0.4 is 27.3 Å². The highest BCUT2D eigenvalue weighted by atomic mass is 19.1. The highest BCUT2D eigenvalue weighted by molar-refractivity contribution is 7.02. The Balaban J connectivity index is 1.39. The highest BCUT2D eigenvalue weighted by Gasteiger charge is 2.57. The van der Waals surface area contributed by atoms with E-state index in [4.69, 9.17) is 0 Å². The summed E-state index contributed by atoms with van der Waals surface area (Å²) in [4.78, 5) is 0. The van der Waals surface area contributed by atoms with Crippen molar-refractivity contribution in [3.05, 3.63) is 124 Å². The van der Waals surface area contributed by atoms with Crippen molar-refractivity contribution in [1.82, 2.24) is 13.7 Å². The molecule has 70 heavy (non-hydrogen) atoms. The number of rotatable bonds is 2. The van der Waals surface area contributed by atoms with E-state index in [0.29, 0.717) is 0 Å². The van der Waals surface area contributed by atoms with Gasteiger partial charge in [-0.2, -0.15) is 0 Å². The van der Waals surface area contributed by atoms with E-state index in [1.54, 1.807) is 0 Å². The first-order valence-electron chi connectivity index (χ1n) is 26.3. The smallest absolute Gasteiger partial charge is 0.253 e. The van der Waals surface area contributed by atoms with Gasteiger partial charge in [-0.25, -0.2) is 4.39 Å². The van der Waals surface area contributed by atoms with Crippen molar-refractivity contribution in [1.29, 1.82) is 0 Å². The molecule has 0 radical (unpaired) electrons. The average molecular weight is 920 g/mol. The zero-order valence-electron chi connectivity index (χ0n) is 44.7. The summed E-state index contributed by atoms with van der Waals surface area (Å²) in [5.41, 5.74) is 23.1. The van der Waals surface area contributed by atoms with E-state index < -0.39 is 0 Å². The maximum atomic E-state index is 20.5. The Kier molecular flexibility index (Phi) is 8.47. The van der Waals surface area contributed by atoms with E-state index >= 15 is 4.39 Å². The Morgan fingerprint density at radius 1 is 0.514 bits per heavy atom. The fourth-order valence-electron chi connectivity index (χ4n) is 14.6. The third-order valence-corrected chi connectivity index (χ3v) is 17.4. The molecule has 1 unspecified atom stereocenters. The summed E-state index contributed by atoms with van der Waals surface area (Å²) in [6, 6.07) is 28.7. The number of aromatic nitrogens is 3. The lowest BCUT2D eigenvalue weighted by molar-refractivity contribution is 0.381. The van der Waals surface area contributed by atoms with E-state index in [1.165, 1.54) is 99.1 Å². The molecule has 352 valence electrons. The largest absolute Gasteiger partial charge is 0.311 e. The van der Waals surface area contributed by atoms with E-state index in [0.717, 1.165) is 45.3 Å². The number of allylic oxidation sites excluding steroid dienone is 1. The van der Waals surface area contributed by atoms with Crippen molar-refractivity contribution in [3.8, 4) is 17.1 Å². The normalized spacial score (nSPS) is 16.2. The molecule has 0 saturated heterocycles. The van der Waals surface area contributed by atoms with Gasteiger partial charge in [0, 0.05) is 60.4 Å². The second-order valence-corrected chi connectivity index (χ2v) is 27.0. The number of halogens is 1. The molecule has 0 aliphatic carbocycles. The monoisotopic (exact) mass is 920 g/mol. The van der Waals surface area contributed by atoms with Crippen molar-refractivity contribution in [2.75, 3.05) is 0 Å². The number of benzene rings is 6. The average Bonchev–Trinajstić information content (AvgIpc) is 3.90. The van der Waals surface area contributed by atoms with Gasteiger partial charge in [0.15, 0.2) is 5.82 Å². The molecule has 0 spiro atoms. The number of hydrogen-bond acceptors (Lipinski definition) is 0. The van der Waals surface area contributed by atoms with E-state index in [1.807, 2.05) is 0 Å². The lowest BCUT2D eigenvalue weighted by atomic mass is 9.24. The molecule has 0 amide bonds. The van der Waals surface area contributed by atoms with Gasteiger partial charge in [0.2, 0.25) is 6.71 Å². The zero-order chi connectivity index (χ0) is 49.6. The maximum Gasteiger partial charge on any atom is 0.253 e. The van der Waals surface area contributed by atoms with Crippen LogP contribution in [0.2, 0.25) is 0 Å². The Hall–Kier alpha value is -5.74. The van der Waals surface area contributed by atoms with Gasteiger partial charge < -0.3 is 13.7 Å². The van der Waals surface area contributed by atoms with Crippen molar-refractivity contribution < 1.29 is 4.39 Å². The molecule has 6 heteroatoms. The lowest BCUT2D eigenvalue weighted by Crippen LogP contribution is -2.68. The Morgan fingerprint density at radius 3 is 1.56 bits per heavy atom. The van der Waals surface area contributed by atoms with Gasteiger partial charge in [-0.05, 0) is 114 Å². The molecule has 0 saturated carbocycles. The molecule has 1 atom stereocenters. The maximum absolute atomic E-state index is 20.5. The second kappa shape index (κ2) is 13.4. The molecule has 13 rings (SSSR count). The SMILES string of the molecule is C/C=C\c1c2n(c3cc(CC)ccc13)-c1c(F)c3c4c5c1B(c1c(C(C)(C)C)ccc6c7ccc(C(C)(C)C)c(c7n-5c16)B4c1c(C(C)(C)C)ccc4c5ccc(C(C)(C)C)cc5n-3c14)C2C(C)(C)C. The zero-order valence-corrected chi connectivity index (χ0v) is 44.7.